The monoisotopic (exact) mass is 372 g/mol. The highest BCUT2D eigenvalue weighted by atomic mass is 35.5. The van der Waals surface area contributed by atoms with Gasteiger partial charge in [0.15, 0.2) is 0 Å². The molecule has 2 N–H and O–H groups in total. The molecule has 1 amide bonds. The maximum atomic E-state index is 11.9. The number of halogens is 1. The zero-order chi connectivity index (χ0) is 17.9. The van der Waals surface area contributed by atoms with Crippen molar-refractivity contribution in [2.75, 3.05) is 29.9 Å². The maximum absolute atomic E-state index is 11.9. The van der Waals surface area contributed by atoms with E-state index in [2.05, 4.69) is 25.6 Å². The van der Waals surface area contributed by atoms with Gasteiger partial charge in [0.25, 0.3) is 0 Å². The summed E-state index contributed by atoms with van der Waals surface area (Å²) in [6.45, 7) is 2.66. The van der Waals surface area contributed by atoms with Crippen LogP contribution in [-0.4, -0.2) is 40.5 Å². The summed E-state index contributed by atoms with van der Waals surface area (Å²) in [6.07, 6.45) is 8.70. The van der Waals surface area contributed by atoms with Gasteiger partial charge in [0.05, 0.1) is 40.7 Å². The minimum atomic E-state index is 0.138. The van der Waals surface area contributed by atoms with Gasteiger partial charge in [0.1, 0.15) is 0 Å². The lowest BCUT2D eigenvalue weighted by atomic mass is 9.96. The number of carbonyl (C=O) groups is 1. The molecule has 7 nitrogen and oxygen atoms in total. The number of aromatic nitrogens is 3. The van der Waals surface area contributed by atoms with Crippen LogP contribution < -0.4 is 15.5 Å². The highest BCUT2D eigenvalue weighted by Gasteiger charge is 2.23. The van der Waals surface area contributed by atoms with E-state index in [1.807, 2.05) is 6.07 Å². The van der Waals surface area contributed by atoms with E-state index in [9.17, 15) is 4.79 Å². The molecular weight excluding hydrogens is 352 g/mol. The van der Waals surface area contributed by atoms with Gasteiger partial charge in [-0.25, -0.2) is 9.97 Å². The quantitative estimate of drug-likeness (QED) is 0.858. The fourth-order valence-electron chi connectivity index (χ4n) is 3.51. The Morgan fingerprint density at radius 1 is 1.27 bits per heavy atom. The van der Waals surface area contributed by atoms with Crippen LogP contribution in [0, 0.1) is 0 Å². The zero-order valence-electron chi connectivity index (χ0n) is 14.4. The Bertz CT molecular complexity index is 808. The molecule has 0 aliphatic carbocycles. The summed E-state index contributed by atoms with van der Waals surface area (Å²) in [5.41, 5.74) is 2.41. The number of piperidine rings is 1. The van der Waals surface area contributed by atoms with Gasteiger partial charge in [-0.05, 0) is 31.9 Å². The van der Waals surface area contributed by atoms with Crippen molar-refractivity contribution in [1.29, 1.82) is 0 Å². The van der Waals surface area contributed by atoms with Crippen LogP contribution in [0.25, 0.3) is 0 Å². The van der Waals surface area contributed by atoms with Gasteiger partial charge in [-0.2, -0.15) is 0 Å². The number of nitrogens with zero attached hydrogens (tertiary/aromatic N) is 4. The van der Waals surface area contributed by atoms with Crippen molar-refractivity contribution in [3.63, 3.8) is 0 Å². The Labute approximate surface area is 157 Å². The van der Waals surface area contributed by atoms with E-state index < -0.39 is 0 Å². The van der Waals surface area contributed by atoms with Gasteiger partial charge < -0.3 is 15.5 Å². The Kier molecular flexibility index (Phi) is 4.99. The largest absolute Gasteiger partial charge is 0.323 e. The number of anilines is 3. The first kappa shape index (κ1) is 17.2. The maximum Gasteiger partial charge on any atom is 0.227 e. The summed E-state index contributed by atoms with van der Waals surface area (Å²) in [4.78, 5) is 26.9. The number of hydrogen-bond acceptors (Lipinski definition) is 6. The second-order valence-corrected chi connectivity index (χ2v) is 7.08. The number of carbonyl (C=O) groups excluding carboxylic acids is 1. The van der Waals surface area contributed by atoms with Crippen LogP contribution in [0.2, 0.25) is 5.02 Å². The van der Waals surface area contributed by atoms with Crippen molar-refractivity contribution in [2.45, 2.75) is 31.6 Å². The first-order valence-corrected chi connectivity index (χ1v) is 9.34. The Balaban J connectivity index is 1.54. The van der Waals surface area contributed by atoms with Crippen LogP contribution in [0.3, 0.4) is 0 Å². The molecule has 2 aromatic heterocycles. The molecule has 2 aromatic rings. The van der Waals surface area contributed by atoms with E-state index in [0.29, 0.717) is 23.3 Å². The highest BCUT2D eigenvalue weighted by Crippen LogP contribution is 2.29. The van der Waals surface area contributed by atoms with Crippen LogP contribution in [0.15, 0.2) is 24.7 Å². The molecule has 4 rings (SSSR count). The van der Waals surface area contributed by atoms with Crippen LogP contribution >= 0.6 is 11.6 Å². The fourth-order valence-corrected chi connectivity index (χ4v) is 3.75. The second kappa shape index (κ2) is 7.55. The van der Waals surface area contributed by atoms with Crippen molar-refractivity contribution in [1.82, 2.24) is 20.3 Å². The van der Waals surface area contributed by atoms with Gasteiger partial charge in [-0.15, -0.1) is 0 Å². The standard InChI is InChI=1S/C18H21ClN6O/c19-15-11-22-18(24-17(15)12-3-1-5-20-8-12)23-13-7-14(10-21-9-13)25-6-2-4-16(25)26/h7,9-12,20H,1-6,8H2,(H,22,23,24). The molecule has 2 fully saturated rings. The molecule has 1 atom stereocenters. The molecule has 2 saturated heterocycles. The summed E-state index contributed by atoms with van der Waals surface area (Å²) in [5.74, 6) is 0.923. The van der Waals surface area contributed by atoms with Crippen molar-refractivity contribution in [2.24, 2.45) is 0 Å². The second-order valence-electron chi connectivity index (χ2n) is 6.68. The summed E-state index contributed by atoms with van der Waals surface area (Å²) in [6, 6.07) is 1.90. The topological polar surface area (TPSA) is 83.0 Å². The van der Waals surface area contributed by atoms with Crippen molar-refractivity contribution in [3.8, 4) is 0 Å². The molecule has 26 heavy (non-hydrogen) atoms. The average Bonchev–Trinajstić information content (AvgIpc) is 3.10. The predicted molar refractivity (Wildman–Crippen MR) is 101 cm³/mol. The smallest absolute Gasteiger partial charge is 0.227 e. The van der Waals surface area contributed by atoms with Gasteiger partial charge in [0.2, 0.25) is 11.9 Å². The van der Waals surface area contributed by atoms with E-state index in [4.69, 9.17) is 11.6 Å². The average molecular weight is 373 g/mol. The normalized spacial score (nSPS) is 20.4. The lowest BCUT2D eigenvalue weighted by molar-refractivity contribution is -0.117. The lowest BCUT2D eigenvalue weighted by Crippen LogP contribution is -2.29. The molecule has 0 spiro atoms. The summed E-state index contributed by atoms with van der Waals surface area (Å²) in [7, 11) is 0. The van der Waals surface area contributed by atoms with E-state index in [1.54, 1.807) is 23.5 Å². The molecule has 0 bridgehead atoms. The predicted octanol–water partition coefficient (Wildman–Crippen LogP) is 2.86. The first-order valence-electron chi connectivity index (χ1n) is 8.96. The molecule has 2 aliphatic heterocycles. The van der Waals surface area contributed by atoms with Crippen LogP contribution in [0.4, 0.5) is 17.3 Å². The zero-order valence-corrected chi connectivity index (χ0v) is 15.2. The third-order valence-electron chi connectivity index (χ3n) is 4.82. The molecule has 0 saturated carbocycles. The van der Waals surface area contributed by atoms with Crippen LogP contribution in [-0.2, 0) is 4.79 Å². The number of amides is 1. The molecule has 4 heterocycles. The van der Waals surface area contributed by atoms with E-state index in [0.717, 1.165) is 56.0 Å². The van der Waals surface area contributed by atoms with Crippen LogP contribution in [0.5, 0.6) is 0 Å². The minimum absolute atomic E-state index is 0.138. The first-order chi connectivity index (χ1) is 12.7. The number of rotatable bonds is 4. The summed E-state index contributed by atoms with van der Waals surface area (Å²) < 4.78 is 0. The third kappa shape index (κ3) is 3.64. The Morgan fingerprint density at radius 2 is 2.19 bits per heavy atom. The minimum Gasteiger partial charge on any atom is -0.323 e. The van der Waals surface area contributed by atoms with Gasteiger partial charge in [-0.3, -0.25) is 9.78 Å². The Morgan fingerprint density at radius 3 is 2.96 bits per heavy atom. The summed E-state index contributed by atoms with van der Waals surface area (Å²) >= 11 is 6.32. The molecule has 2 aliphatic rings. The SMILES string of the molecule is O=C1CCCN1c1cncc(Nc2ncc(Cl)c(C3CCCNC3)n2)c1. The highest BCUT2D eigenvalue weighted by molar-refractivity contribution is 6.31. The third-order valence-corrected chi connectivity index (χ3v) is 5.11. The number of pyridine rings is 1. The molecule has 0 radical (unpaired) electrons. The Hall–Kier alpha value is -2.25. The van der Waals surface area contributed by atoms with Gasteiger partial charge in [0, 0.05) is 25.4 Å². The molecule has 0 aromatic carbocycles. The molecule has 8 heteroatoms. The molecular formula is C18H21ClN6O. The number of nitrogens with one attached hydrogen (secondary N) is 2. The van der Waals surface area contributed by atoms with Crippen molar-refractivity contribution in [3.05, 3.63) is 35.4 Å². The van der Waals surface area contributed by atoms with E-state index in [1.165, 1.54) is 0 Å². The van der Waals surface area contributed by atoms with Crippen LogP contribution in [0.1, 0.15) is 37.3 Å². The van der Waals surface area contributed by atoms with Crippen molar-refractivity contribution >= 4 is 34.8 Å². The van der Waals surface area contributed by atoms with Crippen molar-refractivity contribution < 1.29 is 4.79 Å². The molecule has 1 unspecified atom stereocenters. The number of hydrogen-bond donors (Lipinski definition) is 2. The molecule has 136 valence electrons. The van der Waals surface area contributed by atoms with Gasteiger partial charge in [-0.1, -0.05) is 11.6 Å². The summed E-state index contributed by atoms with van der Waals surface area (Å²) in [5, 5.41) is 7.17. The fraction of sp³-hybridized carbons (Fsp3) is 0.444. The lowest BCUT2D eigenvalue weighted by Gasteiger charge is -2.23. The van der Waals surface area contributed by atoms with E-state index >= 15 is 0 Å². The van der Waals surface area contributed by atoms with Gasteiger partial charge >= 0.3 is 0 Å². The van der Waals surface area contributed by atoms with E-state index in [-0.39, 0.29) is 5.91 Å².